The molecule has 0 fully saturated rings. The maximum Gasteiger partial charge on any atom is 0.262 e. The summed E-state index contributed by atoms with van der Waals surface area (Å²) in [4.78, 5) is 29.8. The van der Waals surface area contributed by atoms with Crippen molar-refractivity contribution in [2.75, 3.05) is 5.32 Å². The van der Waals surface area contributed by atoms with Gasteiger partial charge in [-0.2, -0.15) is 10.1 Å². The van der Waals surface area contributed by atoms with Gasteiger partial charge in [0.05, 0.1) is 11.8 Å². The van der Waals surface area contributed by atoms with Gasteiger partial charge in [-0.25, -0.2) is 9.40 Å². The highest BCUT2D eigenvalue weighted by atomic mass is 32.2. The van der Waals surface area contributed by atoms with E-state index < -0.39 is 5.25 Å². The lowest BCUT2D eigenvalue weighted by atomic mass is 9.98. The highest BCUT2D eigenvalue weighted by Crippen LogP contribution is 2.38. The molecule has 0 saturated carbocycles. The Morgan fingerprint density at radius 2 is 1.68 bits per heavy atom. The zero-order valence-corrected chi connectivity index (χ0v) is 21.7. The van der Waals surface area contributed by atoms with Crippen molar-refractivity contribution in [2.24, 2.45) is 10.1 Å². The third-order valence-corrected chi connectivity index (χ3v) is 7.49. The summed E-state index contributed by atoms with van der Waals surface area (Å²) < 4.78 is 13.6. The number of nitrogens with zero attached hydrogens (tertiary/aromatic N) is 3. The summed E-state index contributed by atoms with van der Waals surface area (Å²) in [5.74, 6) is -0.911. The van der Waals surface area contributed by atoms with Gasteiger partial charge in [0.2, 0.25) is 5.91 Å². The van der Waals surface area contributed by atoms with Crippen LogP contribution in [0.15, 0.2) is 76.8 Å². The van der Waals surface area contributed by atoms with Crippen LogP contribution in [0.1, 0.15) is 46.7 Å². The lowest BCUT2D eigenvalue weighted by Gasteiger charge is -2.23. The number of benzene rings is 3. The van der Waals surface area contributed by atoms with E-state index in [1.54, 1.807) is 17.1 Å². The number of amides is 2. The zero-order valence-electron chi connectivity index (χ0n) is 20.9. The van der Waals surface area contributed by atoms with E-state index in [0.717, 1.165) is 33.5 Å². The Morgan fingerprint density at radius 3 is 2.35 bits per heavy atom. The number of thioether (sulfide) groups is 1. The minimum absolute atomic E-state index is 0.00702. The predicted molar refractivity (Wildman–Crippen MR) is 146 cm³/mol. The number of aliphatic imine (C=N–C) groups is 1. The molecule has 188 valence electrons. The summed E-state index contributed by atoms with van der Waals surface area (Å²) >= 11 is 1.25. The first-order valence-electron chi connectivity index (χ1n) is 12.1. The van der Waals surface area contributed by atoms with E-state index in [2.05, 4.69) is 10.3 Å². The fourth-order valence-corrected chi connectivity index (χ4v) is 5.64. The van der Waals surface area contributed by atoms with Crippen LogP contribution in [0.4, 0.5) is 10.1 Å². The molecule has 2 atom stereocenters. The van der Waals surface area contributed by atoms with Crippen LogP contribution in [0.2, 0.25) is 0 Å². The Kier molecular flexibility index (Phi) is 6.93. The first-order chi connectivity index (χ1) is 17.7. The molecule has 2 amide bonds. The number of hydrogen-bond donors (Lipinski definition) is 1. The third-order valence-electron chi connectivity index (χ3n) is 6.35. The molecule has 0 radical (unpaired) electrons. The number of anilines is 1. The second kappa shape index (κ2) is 10.3. The van der Waals surface area contributed by atoms with Crippen LogP contribution in [-0.4, -0.2) is 33.0 Å². The lowest BCUT2D eigenvalue weighted by molar-refractivity contribution is -0.121. The number of halogens is 1. The number of carbonyl (C=O) groups excluding carboxylic acids is 2. The van der Waals surface area contributed by atoms with Crippen molar-refractivity contribution < 1.29 is 14.0 Å². The maximum absolute atomic E-state index is 13.6. The Bertz CT molecular complexity index is 1400. The first kappa shape index (κ1) is 24.9. The summed E-state index contributed by atoms with van der Waals surface area (Å²) in [6.45, 7) is 5.97. The molecule has 0 aliphatic carbocycles. The molecule has 8 heteroatoms. The minimum atomic E-state index is -0.631. The SMILES string of the molecule is Cc1ccc(C2=NN(C3=NC(=O)C(CC(=O)Nc4cc(C)cc(C)c4)S3)C(c3ccc(F)cc3)C2)cc1. The van der Waals surface area contributed by atoms with E-state index in [1.807, 2.05) is 63.2 Å². The molecule has 0 aromatic heterocycles. The van der Waals surface area contributed by atoms with E-state index in [1.165, 1.54) is 23.9 Å². The van der Waals surface area contributed by atoms with Crippen LogP contribution in [0.5, 0.6) is 0 Å². The number of rotatable bonds is 5. The second-order valence-corrected chi connectivity index (χ2v) is 10.7. The van der Waals surface area contributed by atoms with E-state index in [-0.39, 0.29) is 30.1 Å². The fourth-order valence-electron chi connectivity index (χ4n) is 4.58. The molecule has 5 rings (SSSR count). The molecule has 3 aromatic rings. The number of carbonyl (C=O) groups is 2. The zero-order chi connectivity index (χ0) is 26.1. The second-order valence-electron chi connectivity index (χ2n) is 9.50. The molecule has 2 aliphatic rings. The molecule has 0 saturated heterocycles. The molecule has 0 spiro atoms. The lowest BCUT2D eigenvalue weighted by Crippen LogP contribution is -2.25. The summed E-state index contributed by atoms with van der Waals surface area (Å²) in [5, 5.41) is 9.29. The topological polar surface area (TPSA) is 74.1 Å². The molecule has 2 heterocycles. The van der Waals surface area contributed by atoms with E-state index >= 15 is 0 Å². The van der Waals surface area contributed by atoms with E-state index in [9.17, 15) is 14.0 Å². The van der Waals surface area contributed by atoms with Crippen LogP contribution in [-0.2, 0) is 9.59 Å². The predicted octanol–water partition coefficient (Wildman–Crippen LogP) is 5.93. The highest BCUT2D eigenvalue weighted by molar-refractivity contribution is 8.15. The molecule has 0 bridgehead atoms. The van der Waals surface area contributed by atoms with Gasteiger partial charge in [0.25, 0.3) is 5.91 Å². The normalized spacial score (nSPS) is 19.1. The van der Waals surface area contributed by atoms with Crippen LogP contribution < -0.4 is 5.32 Å². The molecule has 3 aromatic carbocycles. The number of hydrogen-bond acceptors (Lipinski definition) is 5. The largest absolute Gasteiger partial charge is 0.326 e. The molecular formula is C29H27FN4O2S. The van der Waals surface area contributed by atoms with Crippen LogP contribution in [0, 0.1) is 26.6 Å². The Balaban J connectivity index is 1.35. The fraction of sp³-hybridized carbons (Fsp3) is 0.241. The van der Waals surface area contributed by atoms with Gasteiger partial charge in [0, 0.05) is 18.5 Å². The number of amidine groups is 1. The quantitative estimate of drug-likeness (QED) is 0.458. The van der Waals surface area contributed by atoms with Gasteiger partial charge in [-0.15, -0.1) is 0 Å². The van der Waals surface area contributed by atoms with Crippen molar-refractivity contribution >= 4 is 40.1 Å². The van der Waals surface area contributed by atoms with Crippen LogP contribution >= 0.6 is 11.8 Å². The maximum atomic E-state index is 13.6. The van der Waals surface area contributed by atoms with Gasteiger partial charge in [-0.3, -0.25) is 9.59 Å². The monoisotopic (exact) mass is 514 g/mol. The Labute approximate surface area is 219 Å². The molecule has 2 unspecified atom stereocenters. The van der Waals surface area contributed by atoms with Crippen LogP contribution in [0.3, 0.4) is 0 Å². The van der Waals surface area contributed by atoms with Crippen molar-refractivity contribution in [2.45, 2.75) is 44.9 Å². The van der Waals surface area contributed by atoms with Gasteiger partial charge in [-0.1, -0.05) is 59.8 Å². The average Bonchev–Trinajstić information content (AvgIpc) is 3.43. The van der Waals surface area contributed by atoms with Crippen molar-refractivity contribution in [3.05, 3.63) is 100 Å². The standard InChI is InChI=1S/C29H27FN4O2S/c1-17-4-6-20(7-5-17)24-15-25(21-8-10-22(30)11-9-21)34(33-24)29-32-28(36)26(37-29)16-27(35)31-23-13-18(2)12-19(3)14-23/h4-14,25-26H,15-16H2,1-3H3,(H,31,35). The van der Waals surface area contributed by atoms with Gasteiger partial charge in [-0.05, 0) is 67.3 Å². The Morgan fingerprint density at radius 1 is 1.00 bits per heavy atom. The first-order valence-corrected chi connectivity index (χ1v) is 13.0. The summed E-state index contributed by atoms with van der Waals surface area (Å²) in [6, 6.07) is 20.0. The minimum Gasteiger partial charge on any atom is -0.326 e. The summed E-state index contributed by atoms with van der Waals surface area (Å²) in [6.07, 6.45) is 0.591. The number of nitrogens with one attached hydrogen (secondary N) is 1. The average molecular weight is 515 g/mol. The third kappa shape index (κ3) is 5.64. The molecule has 1 N–H and O–H groups in total. The summed E-state index contributed by atoms with van der Waals surface area (Å²) in [5.41, 5.74) is 6.69. The van der Waals surface area contributed by atoms with Gasteiger partial charge in [0.1, 0.15) is 11.1 Å². The highest BCUT2D eigenvalue weighted by Gasteiger charge is 2.39. The van der Waals surface area contributed by atoms with Crippen molar-refractivity contribution in [3.8, 4) is 0 Å². The van der Waals surface area contributed by atoms with E-state index in [4.69, 9.17) is 5.10 Å². The number of hydrazone groups is 1. The molecular weight excluding hydrogens is 487 g/mol. The van der Waals surface area contributed by atoms with Crippen molar-refractivity contribution in [3.63, 3.8) is 0 Å². The molecule has 2 aliphatic heterocycles. The van der Waals surface area contributed by atoms with Gasteiger partial charge < -0.3 is 5.32 Å². The molecule has 37 heavy (non-hydrogen) atoms. The summed E-state index contributed by atoms with van der Waals surface area (Å²) in [7, 11) is 0. The smallest absolute Gasteiger partial charge is 0.262 e. The van der Waals surface area contributed by atoms with E-state index in [0.29, 0.717) is 17.3 Å². The van der Waals surface area contributed by atoms with Crippen molar-refractivity contribution in [1.29, 1.82) is 0 Å². The van der Waals surface area contributed by atoms with Gasteiger partial charge >= 0.3 is 0 Å². The number of aryl methyl sites for hydroxylation is 3. The van der Waals surface area contributed by atoms with Crippen LogP contribution in [0.25, 0.3) is 0 Å². The van der Waals surface area contributed by atoms with Gasteiger partial charge in [0.15, 0.2) is 5.17 Å². The molecule has 6 nitrogen and oxygen atoms in total. The Hall–Kier alpha value is -3.78. The van der Waals surface area contributed by atoms with Crippen molar-refractivity contribution in [1.82, 2.24) is 5.01 Å².